The Morgan fingerprint density at radius 1 is 1.12 bits per heavy atom. The minimum absolute atomic E-state index is 0.0872. The molecular weight excluding hydrogens is 231 g/mol. The molecule has 0 saturated heterocycles. The van der Waals surface area contributed by atoms with Crippen molar-refractivity contribution >= 4 is 6.98 Å². The zero-order chi connectivity index (χ0) is 12.5. The first kappa shape index (κ1) is 11.1. The van der Waals surface area contributed by atoms with Crippen LogP contribution in [0.25, 0.3) is 0 Å². The second-order valence-electron chi connectivity index (χ2n) is 5.68. The fourth-order valence-corrected chi connectivity index (χ4v) is 3.56. The largest absolute Gasteiger partial charge is 0.484 e. The molecule has 92 valence electrons. The summed E-state index contributed by atoms with van der Waals surface area (Å²) in [7, 11) is 0. The first-order chi connectivity index (χ1) is 7.80. The Hall–Kier alpha value is -0.995. The minimum atomic E-state index is -4.78. The van der Waals surface area contributed by atoms with Crippen molar-refractivity contribution in [3.63, 3.8) is 0 Å². The highest BCUT2D eigenvalue weighted by atomic mass is 19.4. The summed E-state index contributed by atoms with van der Waals surface area (Å²) in [6.45, 7) is -3.13. The minimum Gasteiger partial charge on any atom is -0.449 e. The van der Waals surface area contributed by atoms with Crippen LogP contribution in [0.2, 0.25) is 5.31 Å². The second kappa shape index (κ2) is 2.87. The molecule has 3 saturated carbocycles. The molecule has 0 nitrogen and oxygen atoms in total. The molecule has 0 atom stereocenters. The number of aryl methyl sites for hydroxylation is 1. The molecule has 5 heteroatoms. The second-order valence-corrected chi connectivity index (χ2v) is 5.68. The van der Waals surface area contributed by atoms with Crippen LogP contribution in [0.15, 0.2) is 18.2 Å². The lowest BCUT2D eigenvalue weighted by molar-refractivity contribution is -0.0424. The van der Waals surface area contributed by atoms with Crippen LogP contribution in [0, 0.1) is 12.7 Å². The van der Waals surface area contributed by atoms with Crippen molar-refractivity contribution in [2.75, 3.05) is 0 Å². The van der Waals surface area contributed by atoms with Crippen LogP contribution >= 0.6 is 0 Å². The molecule has 0 radical (unpaired) electrons. The molecule has 0 amide bonds. The molecule has 0 heterocycles. The molecule has 0 spiro atoms. The summed E-state index contributed by atoms with van der Waals surface area (Å²) in [4.78, 5) is 0. The number of halogens is 4. The average Bonchev–Trinajstić information content (AvgIpc) is 2.05. The van der Waals surface area contributed by atoms with E-state index < -0.39 is 17.7 Å². The normalized spacial score (nSPS) is 35.1. The Kier molecular flexibility index (Phi) is 1.88. The molecular formula is C12H12BF4-. The topological polar surface area (TPSA) is 0 Å². The van der Waals surface area contributed by atoms with Crippen LogP contribution in [-0.2, 0) is 5.41 Å². The van der Waals surface area contributed by atoms with Crippen molar-refractivity contribution < 1.29 is 17.3 Å². The summed E-state index contributed by atoms with van der Waals surface area (Å²) in [5.41, 5.74) is 0.478. The SMILES string of the molecule is Cc1cccc(C23CC([B-](F)(F)F)(C2)C3)c1F. The Labute approximate surface area is 97.1 Å². The lowest BCUT2D eigenvalue weighted by atomic mass is 9.23. The van der Waals surface area contributed by atoms with Gasteiger partial charge in [0.05, 0.1) is 0 Å². The highest BCUT2D eigenvalue weighted by molar-refractivity contribution is 6.63. The monoisotopic (exact) mass is 243 g/mol. The van der Waals surface area contributed by atoms with Crippen molar-refractivity contribution in [1.82, 2.24) is 0 Å². The van der Waals surface area contributed by atoms with Gasteiger partial charge < -0.3 is 12.9 Å². The van der Waals surface area contributed by atoms with Crippen LogP contribution in [0.4, 0.5) is 17.3 Å². The van der Waals surface area contributed by atoms with E-state index in [-0.39, 0.29) is 25.1 Å². The summed E-state index contributed by atoms with van der Waals surface area (Å²) >= 11 is 0. The molecule has 4 rings (SSSR count). The van der Waals surface area contributed by atoms with E-state index in [1.54, 1.807) is 25.1 Å². The molecule has 3 aliphatic rings. The van der Waals surface area contributed by atoms with E-state index in [9.17, 15) is 17.3 Å². The highest BCUT2D eigenvalue weighted by Crippen LogP contribution is 2.82. The summed E-state index contributed by atoms with van der Waals surface area (Å²) in [6, 6.07) is 5.00. The highest BCUT2D eigenvalue weighted by Gasteiger charge is 2.74. The number of benzene rings is 1. The van der Waals surface area contributed by atoms with Crippen molar-refractivity contribution in [2.24, 2.45) is 0 Å². The predicted molar refractivity (Wildman–Crippen MR) is 58.4 cm³/mol. The number of hydrogen-bond donors (Lipinski definition) is 0. The molecule has 1 aromatic rings. The molecule has 17 heavy (non-hydrogen) atoms. The van der Waals surface area contributed by atoms with Crippen molar-refractivity contribution in [1.29, 1.82) is 0 Å². The van der Waals surface area contributed by atoms with Gasteiger partial charge in [0.25, 0.3) is 0 Å². The predicted octanol–water partition coefficient (Wildman–Crippen LogP) is 4.16. The number of rotatable bonds is 2. The van der Waals surface area contributed by atoms with Gasteiger partial charge in [0.15, 0.2) is 0 Å². The zero-order valence-corrected chi connectivity index (χ0v) is 9.44. The summed E-state index contributed by atoms with van der Waals surface area (Å²) in [5, 5.41) is -1.45. The van der Waals surface area contributed by atoms with E-state index in [1.807, 2.05) is 0 Å². The van der Waals surface area contributed by atoms with Crippen LogP contribution in [0.5, 0.6) is 0 Å². The third kappa shape index (κ3) is 1.20. The van der Waals surface area contributed by atoms with Gasteiger partial charge >= 0.3 is 6.98 Å². The van der Waals surface area contributed by atoms with Crippen LogP contribution in [0.1, 0.15) is 30.4 Å². The maximum atomic E-state index is 13.9. The molecule has 0 unspecified atom stereocenters. The Morgan fingerprint density at radius 3 is 2.24 bits per heavy atom. The summed E-state index contributed by atoms with van der Waals surface area (Å²) in [6.07, 6.45) is 0.262. The number of hydrogen-bond acceptors (Lipinski definition) is 0. The van der Waals surface area contributed by atoms with Gasteiger partial charge in [-0.05, 0) is 23.5 Å². The molecule has 0 aliphatic heterocycles. The van der Waals surface area contributed by atoms with Gasteiger partial charge in [0.1, 0.15) is 5.82 Å². The Bertz CT molecular complexity index is 472. The van der Waals surface area contributed by atoms with Crippen molar-refractivity contribution in [3.05, 3.63) is 35.1 Å². The van der Waals surface area contributed by atoms with Gasteiger partial charge in [0.2, 0.25) is 0 Å². The van der Waals surface area contributed by atoms with E-state index in [0.29, 0.717) is 11.1 Å². The average molecular weight is 243 g/mol. The van der Waals surface area contributed by atoms with E-state index in [0.717, 1.165) is 0 Å². The lowest BCUT2D eigenvalue weighted by Crippen LogP contribution is -2.67. The fourth-order valence-electron chi connectivity index (χ4n) is 3.56. The van der Waals surface area contributed by atoms with Gasteiger partial charge in [0, 0.05) is 0 Å². The van der Waals surface area contributed by atoms with Crippen LogP contribution < -0.4 is 0 Å². The summed E-state index contributed by atoms with van der Waals surface area (Å²) in [5.74, 6) is -0.324. The molecule has 1 aromatic carbocycles. The van der Waals surface area contributed by atoms with E-state index >= 15 is 0 Å². The van der Waals surface area contributed by atoms with Crippen LogP contribution in [0.3, 0.4) is 0 Å². The first-order valence-corrected chi connectivity index (χ1v) is 5.75. The van der Waals surface area contributed by atoms with E-state index in [4.69, 9.17) is 0 Å². The molecule has 3 fully saturated rings. The first-order valence-electron chi connectivity index (χ1n) is 5.75. The Morgan fingerprint density at radius 2 is 1.71 bits per heavy atom. The standard InChI is InChI=1S/C12H12BF4/c1-8-3-2-4-9(10(8)14)11-5-12(6-11,7-11)13(15,16)17/h2-4H,5-7H2,1H3/q-1. The summed E-state index contributed by atoms with van der Waals surface area (Å²) < 4.78 is 52.2. The lowest BCUT2D eigenvalue weighted by Gasteiger charge is -2.75. The molecule has 0 N–H and O–H groups in total. The fraction of sp³-hybridized carbons (Fsp3) is 0.500. The maximum absolute atomic E-state index is 13.9. The van der Waals surface area contributed by atoms with Gasteiger partial charge in [-0.2, -0.15) is 0 Å². The molecule has 0 aromatic heterocycles. The van der Waals surface area contributed by atoms with Crippen molar-refractivity contribution in [3.8, 4) is 0 Å². The van der Waals surface area contributed by atoms with Gasteiger partial charge in [-0.1, -0.05) is 42.8 Å². The molecule has 3 aliphatic carbocycles. The smallest absolute Gasteiger partial charge is 0.449 e. The van der Waals surface area contributed by atoms with E-state index in [2.05, 4.69) is 0 Å². The van der Waals surface area contributed by atoms with E-state index in [1.165, 1.54) is 0 Å². The van der Waals surface area contributed by atoms with Gasteiger partial charge in [-0.15, -0.1) is 0 Å². The quantitative estimate of drug-likeness (QED) is 0.540. The van der Waals surface area contributed by atoms with Gasteiger partial charge in [-0.25, -0.2) is 4.39 Å². The maximum Gasteiger partial charge on any atom is 0.484 e. The third-order valence-corrected chi connectivity index (χ3v) is 4.53. The van der Waals surface area contributed by atoms with Crippen molar-refractivity contribution in [2.45, 2.75) is 36.9 Å². The van der Waals surface area contributed by atoms with Gasteiger partial charge in [-0.3, -0.25) is 0 Å². The Balaban J connectivity index is 1.90. The van der Waals surface area contributed by atoms with Crippen LogP contribution in [-0.4, -0.2) is 6.98 Å². The third-order valence-electron chi connectivity index (χ3n) is 4.53. The molecule has 2 bridgehead atoms. The zero-order valence-electron chi connectivity index (χ0n) is 9.44.